The highest BCUT2D eigenvalue weighted by Crippen LogP contribution is 2.43. The lowest BCUT2D eigenvalue weighted by Crippen LogP contribution is -2.42. The monoisotopic (exact) mass is 289 g/mol. The zero-order chi connectivity index (χ0) is 15.3. The fraction of sp³-hybridized carbons (Fsp3) is 0.611. The summed E-state index contributed by atoms with van der Waals surface area (Å²) in [4.78, 5) is 12.8. The van der Waals surface area contributed by atoms with E-state index in [1.807, 2.05) is 30.3 Å². The number of aliphatic hydroxyl groups is 1. The third-order valence-corrected chi connectivity index (χ3v) is 4.53. The Kier molecular flexibility index (Phi) is 5.40. The highest BCUT2D eigenvalue weighted by atomic mass is 16.3. The number of carbonyl (C=O) groups excluding carboxylic acids is 1. The maximum Gasteiger partial charge on any atom is 0.226 e. The van der Waals surface area contributed by atoms with E-state index in [-0.39, 0.29) is 24.0 Å². The molecular formula is C18H27NO2. The van der Waals surface area contributed by atoms with Crippen LogP contribution in [-0.2, 0) is 4.79 Å². The van der Waals surface area contributed by atoms with Gasteiger partial charge in [-0.2, -0.15) is 0 Å². The van der Waals surface area contributed by atoms with Gasteiger partial charge in [-0.3, -0.25) is 4.79 Å². The molecule has 3 heteroatoms. The lowest BCUT2D eigenvalue weighted by atomic mass is 9.77. The molecule has 1 fully saturated rings. The van der Waals surface area contributed by atoms with E-state index >= 15 is 0 Å². The second-order valence-electron chi connectivity index (χ2n) is 6.70. The largest absolute Gasteiger partial charge is 0.394 e. The van der Waals surface area contributed by atoms with Crippen LogP contribution < -0.4 is 5.32 Å². The second-order valence-corrected chi connectivity index (χ2v) is 6.70. The van der Waals surface area contributed by atoms with Crippen molar-refractivity contribution in [3.63, 3.8) is 0 Å². The first kappa shape index (κ1) is 16.0. The first-order chi connectivity index (χ1) is 10.1. The zero-order valence-electron chi connectivity index (χ0n) is 13.1. The van der Waals surface area contributed by atoms with Gasteiger partial charge >= 0.3 is 0 Å². The zero-order valence-corrected chi connectivity index (χ0v) is 13.1. The molecule has 1 aliphatic carbocycles. The topological polar surface area (TPSA) is 49.3 Å². The molecule has 0 aromatic heterocycles. The summed E-state index contributed by atoms with van der Waals surface area (Å²) in [6, 6.07) is 9.41. The normalized spacial score (nSPS) is 18.7. The molecule has 1 amide bonds. The number of benzene rings is 1. The molecule has 0 unspecified atom stereocenters. The summed E-state index contributed by atoms with van der Waals surface area (Å²) >= 11 is 0. The van der Waals surface area contributed by atoms with Crippen LogP contribution >= 0.6 is 0 Å². The van der Waals surface area contributed by atoms with E-state index in [9.17, 15) is 9.90 Å². The van der Waals surface area contributed by atoms with Crippen LogP contribution in [0.25, 0.3) is 0 Å². The SMILES string of the molecule is CC(C)CC1(C(=O)N[C@H](CO)c2ccccc2)CCCC1. The standard InChI is InChI=1S/C18H27NO2/c1-14(2)12-18(10-6-7-11-18)17(21)19-16(13-20)15-8-4-3-5-9-15/h3-5,8-9,14,16,20H,6-7,10-13H2,1-2H3,(H,19,21)/t16-/m1/s1. The van der Waals surface area contributed by atoms with Gasteiger partial charge in [0.15, 0.2) is 0 Å². The molecular weight excluding hydrogens is 262 g/mol. The fourth-order valence-corrected chi connectivity index (χ4v) is 3.59. The number of aliphatic hydroxyl groups excluding tert-OH is 1. The smallest absolute Gasteiger partial charge is 0.226 e. The molecule has 0 saturated heterocycles. The second kappa shape index (κ2) is 7.08. The van der Waals surface area contributed by atoms with Gasteiger partial charge in [0, 0.05) is 5.41 Å². The Morgan fingerprint density at radius 3 is 2.38 bits per heavy atom. The number of hydrogen-bond donors (Lipinski definition) is 2. The fourth-order valence-electron chi connectivity index (χ4n) is 3.59. The van der Waals surface area contributed by atoms with Crippen molar-refractivity contribution in [2.75, 3.05) is 6.61 Å². The number of nitrogens with one attached hydrogen (secondary N) is 1. The number of rotatable bonds is 6. The molecule has 0 radical (unpaired) electrons. The van der Waals surface area contributed by atoms with Gasteiger partial charge < -0.3 is 10.4 Å². The van der Waals surface area contributed by atoms with Crippen molar-refractivity contribution in [2.45, 2.75) is 52.0 Å². The molecule has 2 rings (SSSR count). The van der Waals surface area contributed by atoms with Gasteiger partial charge in [0.1, 0.15) is 0 Å². The summed E-state index contributed by atoms with van der Waals surface area (Å²) in [6.07, 6.45) is 5.16. The Morgan fingerprint density at radius 1 is 1.24 bits per heavy atom. The van der Waals surface area contributed by atoms with E-state index in [0.717, 1.165) is 37.7 Å². The van der Waals surface area contributed by atoms with E-state index < -0.39 is 0 Å². The molecule has 0 heterocycles. The Balaban J connectivity index is 2.10. The van der Waals surface area contributed by atoms with Crippen molar-refractivity contribution in [1.29, 1.82) is 0 Å². The van der Waals surface area contributed by atoms with Crippen molar-refractivity contribution < 1.29 is 9.90 Å². The third kappa shape index (κ3) is 3.85. The van der Waals surface area contributed by atoms with Crippen LogP contribution in [0.3, 0.4) is 0 Å². The lowest BCUT2D eigenvalue weighted by Gasteiger charge is -2.31. The number of carbonyl (C=O) groups is 1. The van der Waals surface area contributed by atoms with Crippen molar-refractivity contribution >= 4 is 5.91 Å². The van der Waals surface area contributed by atoms with E-state index in [0.29, 0.717) is 5.92 Å². The third-order valence-electron chi connectivity index (χ3n) is 4.53. The first-order valence-electron chi connectivity index (χ1n) is 8.04. The number of hydrogen-bond acceptors (Lipinski definition) is 2. The summed E-state index contributed by atoms with van der Waals surface area (Å²) in [7, 11) is 0. The predicted octanol–water partition coefficient (Wildman–Crippen LogP) is 3.44. The Hall–Kier alpha value is -1.35. The molecule has 1 aliphatic rings. The van der Waals surface area contributed by atoms with Crippen LogP contribution in [0.15, 0.2) is 30.3 Å². The Morgan fingerprint density at radius 2 is 1.86 bits per heavy atom. The van der Waals surface area contributed by atoms with Gasteiger partial charge in [-0.25, -0.2) is 0 Å². The van der Waals surface area contributed by atoms with Crippen LogP contribution in [0.2, 0.25) is 0 Å². The van der Waals surface area contributed by atoms with Crippen LogP contribution in [-0.4, -0.2) is 17.6 Å². The lowest BCUT2D eigenvalue weighted by molar-refractivity contribution is -0.133. The maximum absolute atomic E-state index is 12.8. The molecule has 1 atom stereocenters. The van der Waals surface area contributed by atoms with Crippen molar-refractivity contribution in [3.8, 4) is 0 Å². The van der Waals surface area contributed by atoms with E-state index in [2.05, 4.69) is 19.2 Å². The summed E-state index contributed by atoms with van der Waals surface area (Å²) < 4.78 is 0. The molecule has 0 aliphatic heterocycles. The minimum absolute atomic E-state index is 0.0620. The average molecular weight is 289 g/mol. The Bertz CT molecular complexity index is 450. The summed E-state index contributed by atoms with van der Waals surface area (Å²) in [5.41, 5.74) is 0.738. The minimum Gasteiger partial charge on any atom is -0.394 e. The van der Waals surface area contributed by atoms with Gasteiger partial charge in [-0.05, 0) is 30.7 Å². The molecule has 0 bridgehead atoms. The predicted molar refractivity (Wildman–Crippen MR) is 84.8 cm³/mol. The first-order valence-corrected chi connectivity index (χ1v) is 8.04. The van der Waals surface area contributed by atoms with E-state index in [4.69, 9.17) is 0 Å². The van der Waals surface area contributed by atoms with Gasteiger partial charge in [0.25, 0.3) is 0 Å². The van der Waals surface area contributed by atoms with Crippen molar-refractivity contribution in [2.24, 2.45) is 11.3 Å². The van der Waals surface area contributed by atoms with Crippen LogP contribution in [0.1, 0.15) is 57.6 Å². The molecule has 1 saturated carbocycles. The highest BCUT2D eigenvalue weighted by Gasteiger charge is 2.41. The summed E-state index contributed by atoms with van der Waals surface area (Å²) in [5.74, 6) is 0.634. The Labute approximate surface area is 127 Å². The van der Waals surface area contributed by atoms with Gasteiger partial charge in [0.05, 0.1) is 12.6 Å². The molecule has 116 valence electrons. The average Bonchev–Trinajstić information content (AvgIpc) is 2.94. The van der Waals surface area contributed by atoms with Crippen LogP contribution in [0.4, 0.5) is 0 Å². The molecule has 1 aromatic rings. The van der Waals surface area contributed by atoms with E-state index in [1.54, 1.807) is 0 Å². The highest BCUT2D eigenvalue weighted by molar-refractivity contribution is 5.83. The molecule has 2 N–H and O–H groups in total. The van der Waals surface area contributed by atoms with Gasteiger partial charge in [-0.1, -0.05) is 57.0 Å². The van der Waals surface area contributed by atoms with Crippen molar-refractivity contribution in [1.82, 2.24) is 5.32 Å². The van der Waals surface area contributed by atoms with Crippen molar-refractivity contribution in [3.05, 3.63) is 35.9 Å². The number of amides is 1. The molecule has 1 aromatic carbocycles. The van der Waals surface area contributed by atoms with Gasteiger partial charge in [0.2, 0.25) is 5.91 Å². The van der Waals surface area contributed by atoms with Crippen LogP contribution in [0.5, 0.6) is 0 Å². The summed E-state index contributed by atoms with van der Waals surface area (Å²) in [5, 5.41) is 12.7. The minimum atomic E-state index is -0.302. The van der Waals surface area contributed by atoms with E-state index in [1.165, 1.54) is 0 Å². The molecule has 3 nitrogen and oxygen atoms in total. The van der Waals surface area contributed by atoms with Crippen LogP contribution in [0, 0.1) is 11.3 Å². The summed E-state index contributed by atoms with van der Waals surface area (Å²) in [6.45, 7) is 4.29. The molecule has 0 spiro atoms. The van der Waals surface area contributed by atoms with Gasteiger partial charge in [-0.15, -0.1) is 0 Å². The maximum atomic E-state index is 12.8. The quantitative estimate of drug-likeness (QED) is 0.843. The molecule has 21 heavy (non-hydrogen) atoms.